The molecular weight excluding hydrogens is 308 g/mol. The van der Waals surface area contributed by atoms with Crippen molar-refractivity contribution in [2.24, 2.45) is 0 Å². The van der Waals surface area contributed by atoms with Gasteiger partial charge < -0.3 is 32.5 Å². The van der Waals surface area contributed by atoms with E-state index in [-0.39, 0.29) is 0 Å². The molecule has 128 valence electrons. The summed E-state index contributed by atoms with van der Waals surface area (Å²) in [7, 11) is 4.84. The molecule has 0 aromatic rings. The minimum Gasteiger partial charge on any atom is -0.377 e. The standard InChI is InChI=1S/C12H32N2O5Si2/c1-13-9-7-11-20(15-3,16-4)19-21(17-5,18-6)12-8-10-14-2/h13-14H,7-12H2,1-6H3. The lowest BCUT2D eigenvalue weighted by molar-refractivity contribution is 0.0860. The summed E-state index contributed by atoms with van der Waals surface area (Å²) in [5, 5.41) is 6.23. The number of hydrogen-bond acceptors (Lipinski definition) is 7. The van der Waals surface area contributed by atoms with Crippen LogP contribution in [0.1, 0.15) is 12.8 Å². The van der Waals surface area contributed by atoms with Crippen LogP contribution in [0.15, 0.2) is 0 Å². The van der Waals surface area contributed by atoms with E-state index in [1.54, 1.807) is 28.4 Å². The van der Waals surface area contributed by atoms with Crippen LogP contribution in [0.2, 0.25) is 12.1 Å². The van der Waals surface area contributed by atoms with Gasteiger partial charge in [-0.25, -0.2) is 0 Å². The second-order valence-electron chi connectivity index (χ2n) is 4.70. The minimum absolute atomic E-state index is 0.730. The SMILES string of the molecule is CNCCC[Si](OC)(OC)O[Si](CCCNC)(OC)OC. The molecule has 0 rings (SSSR count). The first kappa shape index (κ1) is 21.2. The third kappa shape index (κ3) is 7.30. The summed E-state index contributed by atoms with van der Waals surface area (Å²) in [4.78, 5) is 0. The molecule has 7 nitrogen and oxygen atoms in total. The van der Waals surface area contributed by atoms with Gasteiger partial charge in [-0.3, -0.25) is 0 Å². The molecule has 0 aliphatic heterocycles. The molecule has 0 heterocycles. The van der Waals surface area contributed by atoms with Gasteiger partial charge in [0.25, 0.3) is 0 Å². The Bertz CT molecular complexity index is 230. The van der Waals surface area contributed by atoms with E-state index < -0.39 is 17.6 Å². The summed E-state index contributed by atoms with van der Waals surface area (Å²) in [5.41, 5.74) is 0. The summed E-state index contributed by atoms with van der Waals surface area (Å²) in [6.07, 6.45) is 1.83. The summed E-state index contributed by atoms with van der Waals surface area (Å²) in [6.45, 7) is 1.78. The summed E-state index contributed by atoms with van der Waals surface area (Å²) < 4.78 is 28.7. The Kier molecular flexibility index (Phi) is 11.8. The molecule has 0 unspecified atom stereocenters. The van der Waals surface area contributed by atoms with Crippen molar-refractivity contribution in [1.82, 2.24) is 10.6 Å². The van der Waals surface area contributed by atoms with Crippen LogP contribution in [0, 0.1) is 0 Å². The van der Waals surface area contributed by atoms with Crippen molar-refractivity contribution in [2.75, 3.05) is 55.6 Å². The predicted molar refractivity (Wildman–Crippen MR) is 87.3 cm³/mol. The Morgan fingerprint density at radius 3 is 1.24 bits per heavy atom. The molecule has 2 N–H and O–H groups in total. The molecule has 0 saturated carbocycles. The Hall–Kier alpha value is 0.154. The molecule has 9 heteroatoms. The van der Waals surface area contributed by atoms with Crippen LogP contribution in [0.5, 0.6) is 0 Å². The third-order valence-corrected chi connectivity index (χ3v) is 10.3. The fraction of sp³-hybridized carbons (Fsp3) is 1.00. The highest BCUT2D eigenvalue weighted by atomic mass is 28.5. The quantitative estimate of drug-likeness (QED) is 0.356. The van der Waals surface area contributed by atoms with E-state index >= 15 is 0 Å². The van der Waals surface area contributed by atoms with Crippen LogP contribution in [0.3, 0.4) is 0 Å². The first-order valence-electron chi connectivity index (χ1n) is 7.27. The van der Waals surface area contributed by atoms with Gasteiger partial charge in [-0.2, -0.15) is 0 Å². The lowest BCUT2D eigenvalue weighted by atomic mass is 10.5. The average molecular weight is 341 g/mol. The van der Waals surface area contributed by atoms with Gasteiger partial charge in [0, 0.05) is 40.5 Å². The molecular formula is C12H32N2O5Si2. The molecule has 0 bridgehead atoms. The van der Waals surface area contributed by atoms with E-state index in [0.29, 0.717) is 0 Å². The van der Waals surface area contributed by atoms with Crippen molar-refractivity contribution >= 4 is 17.6 Å². The first-order chi connectivity index (χ1) is 10.1. The third-order valence-electron chi connectivity index (χ3n) is 3.37. The van der Waals surface area contributed by atoms with E-state index in [2.05, 4.69) is 10.6 Å². The van der Waals surface area contributed by atoms with Gasteiger partial charge in [-0.1, -0.05) is 0 Å². The molecule has 0 aromatic heterocycles. The van der Waals surface area contributed by atoms with Crippen molar-refractivity contribution in [2.45, 2.75) is 24.9 Å². The van der Waals surface area contributed by atoms with E-state index in [4.69, 9.17) is 21.8 Å². The van der Waals surface area contributed by atoms with Gasteiger partial charge >= 0.3 is 17.6 Å². The highest BCUT2D eigenvalue weighted by Gasteiger charge is 2.51. The highest BCUT2D eigenvalue weighted by molar-refractivity contribution is 6.74. The molecule has 0 amide bonds. The van der Waals surface area contributed by atoms with E-state index in [0.717, 1.165) is 38.0 Å². The first-order valence-corrected chi connectivity index (χ1v) is 11.1. The van der Waals surface area contributed by atoms with Crippen LogP contribution in [0.4, 0.5) is 0 Å². The lowest BCUT2D eigenvalue weighted by Crippen LogP contribution is -2.57. The van der Waals surface area contributed by atoms with Crippen LogP contribution in [0.25, 0.3) is 0 Å². The number of rotatable bonds is 14. The van der Waals surface area contributed by atoms with Crippen LogP contribution >= 0.6 is 0 Å². The van der Waals surface area contributed by atoms with E-state index in [9.17, 15) is 0 Å². The second kappa shape index (κ2) is 11.7. The zero-order valence-corrected chi connectivity index (χ0v) is 16.3. The maximum atomic E-state index is 6.25. The van der Waals surface area contributed by atoms with Gasteiger partial charge in [0.1, 0.15) is 0 Å². The lowest BCUT2D eigenvalue weighted by Gasteiger charge is -2.35. The van der Waals surface area contributed by atoms with Crippen molar-refractivity contribution in [1.29, 1.82) is 0 Å². The molecule has 0 aliphatic rings. The molecule has 0 saturated heterocycles. The van der Waals surface area contributed by atoms with E-state index in [1.165, 1.54) is 0 Å². The zero-order valence-electron chi connectivity index (χ0n) is 14.3. The van der Waals surface area contributed by atoms with Crippen molar-refractivity contribution in [3.8, 4) is 0 Å². The fourth-order valence-electron chi connectivity index (χ4n) is 2.04. The summed E-state index contributed by atoms with van der Waals surface area (Å²) >= 11 is 0. The van der Waals surface area contributed by atoms with Crippen molar-refractivity contribution in [3.05, 3.63) is 0 Å². The van der Waals surface area contributed by atoms with Gasteiger partial charge in [-0.05, 0) is 40.0 Å². The average Bonchev–Trinajstić information content (AvgIpc) is 2.53. The molecule has 0 atom stereocenters. The van der Waals surface area contributed by atoms with Crippen LogP contribution < -0.4 is 10.6 Å². The highest BCUT2D eigenvalue weighted by Crippen LogP contribution is 2.25. The van der Waals surface area contributed by atoms with E-state index in [1.807, 2.05) is 14.1 Å². The van der Waals surface area contributed by atoms with Crippen molar-refractivity contribution in [3.63, 3.8) is 0 Å². The largest absolute Gasteiger partial charge is 0.493 e. The van der Waals surface area contributed by atoms with Gasteiger partial charge in [-0.15, -0.1) is 0 Å². The predicted octanol–water partition coefficient (Wildman–Crippen LogP) is 0.685. The Labute approximate surface area is 131 Å². The smallest absolute Gasteiger partial charge is 0.377 e. The van der Waals surface area contributed by atoms with Gasteiger partial charge in [0.05, 0.1) is 0 Å². The van der Waals surface area contributed by atoms with Crippen LogP contribution in [-0.2, 0) is 21.8 Å². The minimum atomic E-state index is -2.77. The molecule has 0 aromatic carbocycles. The Balaban J connectivity index is 4.85. The molecule has 0 aliphatic carbocycles. The zero-order chi connectivity index (χ0) is 16.2. The molecule has 21 heavy (non-hydrogen) atoms. The normalized spacial score (nSPS) is 12.9. The monoisotopic (exact) mass is 340 g/mol. The Morgan fingerprint density at radius 2 is 1.00 bits per heavy atom. The fourth-order valence-corrected chi connectivity index (χ4v) is 8.46. The molecule has 0 spiro atoms. The molecule has 0 radical (unpaired) electrons. The van der Waals surface area contributed by atoms with Gasteiger partial charge in [0.15, 0.2) is 0 Å². The summed E-state index contributed by atoms with van der Waals surface area (Å²) in [5.74, 6) is 0. The van der Waals surface area contributed by atoms with Crippen LogP contribution in [-0.4, -0.2) is 73.2 Å². The maximum absolute atomic E-state index is 6.25. The topological polar surface area (TPSA) is 70.2 Å². The second-order valence-corrected chi connectivity index (χ2v) is 10.9. The van der Waals surface area contributed by atoms with Crippen molar-refractivity contribution < 1.29 is 21.8 Å². The number of nitrogens with one attached hydrogen (secondary N) is 2. The van der Waals surface area contributed by atoms with Gasteiger partial charge in [0.2, 0.25) is 0 Å². The maximum Gasteiger partial charge on any atom is 0.493 e. The number of hydrogen-bond donors (Lipinski definition) is 2. The summed E-state index contributed by atoms with van der Waals surface area (Å²) in [6, 6.07) is 1.46. The molecule has 0 fully saturated rings. The Morgan fingerprint density at radius 1 is 0.667 bits per heavy atom.